The molecule has 0 radical (unpaired) electrons. The molecule has 0 unspecified atom stereocenters. The number of hydrazone groups is 1. The Kier molecular flexibility index (Phi) is 5.79. The van der Waals surface area contributed by atoms with Gasteiger partial charge >= 0.3 is 13.2 Å². The van der Waals surface area contributed by atoms with Crippen LogP contribution in [0.5, 0.6) is 11.5 Å². The van der Waals surface area contributed by atoms with Crippen LogP contribution in [-0.2, 0) is 0 Å². The van der Waals surface area contributed by atoms with Crippen LogP contribution in [-0.4, -0.2) is 19.4 Å². The molecule has 0 aromatic heterocycles. The van der Waals surface area contributed by atoms with E-state index in [1.54, 1.807) is 12.1 Å². The Labute approximate surface area is 129 Å². The summed E-state index contributed by atoms with van der Waals surface area (Å²) in [5.74, 6) is -0.975. The fraction of sp³-hybridized carbons (Fsp3) is 0.133. The van der Waals surface area contributed by atoms with Gasteiger partial charge in [-0.3, -0.25) is 5.43 Å². The highest BCUT2D eigenvalue weighted by molar-refractivity contribution is 5.81. The first-order chi connectivity index (χ1) is 11.0. The fourth-order valence-corrected chi connectivity index (χ4v) is 1.68. The molecule has 2 rings (SSSR count). The predicted octanol–water partition coefficient (Wildman–Crippen LogP) is 4.34. The molecular weight excluding hydrogens is 316 g/mol. The van der Waals surface area contributed by atoms with Gasteiger partial charge in [0.25, 0.3) is 0 Å². The number of nitrogens with one attached hydrogen (secondary N) is 1. The summed E-state index contributed by atoms with van der Waals surface area (Å²) in [6.45, 7) is -6.31. The average Bonchev–Trinajstić information content (AvgIpc) is 2.50. The number of halogens is 4. The van der Waals surface area contributed by atoms with E-state index in [2.05, 4.69) is 20.0 Å². The minimum absolute atomic E-state index is 0.366. The second-order valence-electron chi connectivity index (χ2n) is 4.20. The summed E-state index contributed by atoms with van der Waals surface area (Å²) in [7, 11) is 0. The van der Waals surface area contributed by atoms with Crippen LogP contribution >= 0.6 is 0 Å². The number of ether oxygens (including phenoxy) is 2. The van der Waals surface area contributed by atoms with Crippen LogP contribution in [0, 0.1) is 0 Å². The first kappa shape index (κ1) is 16.6. The third kappa shape index (κ3) is 5.50. The van der Waals surface area contributed by atoms with Gasteiger partial charge in [0.2, 0.25) is 0 Å². The molecule has 0 amide bonds. The van der Waals surface area contributed by atoms with Gasteiger partial charge < -0.3 is 9.47 Å². The van der Waals surface area contributed by atoms with Crippen molar-refractivity contribution in [2.24, 2.45) is 5.10 Å². The second-order valence-corrected chi connectivity index (χ2v) is 4.20. The Morgan fingerprint density at radius 1 is 0.870 bits per heavy atom. The smallest absolute Gasteiger partial charge is 0.387 e. The van der Waals surface area contributed by atoms with E-state index in [0.29, 0.717) is 5.56 Å². The minimum Gasteiger partial charge on any atom is -0.431 e. The fourth-order valence-electron chi connectivity index (χ4n) is 1.68. The molecule has 0 atom stereocenters. The van der Waals surface area contributed by atoms with E-state index in [1.165, 1.54) is 12.3 Å². The molecule has 2 aromatic rings. The molecule has 8 heteroatoms. The van der Waals surface area contributed by atoms with Crippen molar-refractivity contribution in [1.29, 1.82) is 0 Å². The standard InChI is InChI=1S/C15H12F4N2O2/c16-14(17)22-12-7-6-10(8-13(12)23-15(18)19)9-20-21-11-4-2-1-3-5-11/h1-9,14-15,21H. The average molecular weight is 328 g/mol. The zero-order valence-corrected chi connectivity index (χ0v) is 11.6. The SMILES string of the molecule is FC(F)Oc1ccc(C=NNc2ccccc2)cc1OC(F)F. The molecule has 1 N–H and O–H groups in total. The highest BCUT2D eigenvalue weighted by Gasteiger charge is 2.14. The lowest BCUT2D eigenvalue weighted by Gasteiger charge is -2.12. The third-order valence-electron chi connectivity index (χ3n) is 2.58. The van der Waals surface area contributed by atoms with Gasteiger partial charge in [0.15, 0.2) is 11.5 Å². The van der Waals surface area contributed by atoms with E-state index in [9.17, 15) is 17.6 Å². The van der Waals surface area contributed by atoms with E-state index in [-0.39, 0.29) is 0 Å². The molecule has 0 bridgehead atoms. The summed E-state index contributed by atoms with van der Waals surface area (Å²) in [6.07, 6.45) is 1.33. The number of hydrogen-bond donors (Lipinski definition) is 1. The molecule has 0 fully saturated rings. The topological polar surface area (TPSA) is 42.8 Å². The van der Waals surface area contributed by atoms with Gasteiger partial charge in [-0.05, 0) is 35.9 Å². The Bertz CT molecular complexity index is 651. The second kappa shape index (κ2) is 8.02. The van der Waals surface area contributed by atoms with Gasteiger partial charge in [-0.2, -0.15) is 22.7 Å². The van der Waals surface area contributed by atoms with Crippen molar-refractivity contribution < 1.29 is 27.0 Å². The quantitative estimate of drug-likeness (QED) is 0.467. The van der Waals surface area contributed by atoms with Gasteiger partial charge in [0, 0.05) is 0 Å². The maximum absolute atomic E-state index is 12.3. The van der Waals surface area contributed by atoms with Crippen LogP contribution in [0.1, 0.15) is 5.56 Å². The monoisotopic (exact) mass is 328 g/mol. The lowest BCUT2D eigenvalue weighted by Crippen LogP contribution is -2.08. The Morgan fingerprint density at radius 3 is 2.17 bits per heavy atom. The van der Waals surface area contributed by atoms with E-state index in [0.717, 1.165) is 17.8 Å². The summed E-state index contributed by atoms with van der Waals surface area (Å²) in [4.78, 5) is 0. The first-order valence-corrected chi connectivity index (χ1v) is 6.42. The van der Waals surface area contributed by atoms with E-state index < -0.39 is 24.7 Å². The molecular formula is C15H12F4N2O2. The van der Waals surface area contributed by atoms with Crippen LogP contribution in [0.25, 0.3) is 0 Å². The van der Waals surface area contributed by atoms with Crippen molar-refractivity contribution in [3.8, 4) is 11.5 Å². The molecule has 0 spiro atoms. The molecule has 0 saturated heterocycles. The minimum atomic E-state index is -3.16. The number of rotatable bonds is 7. The molecule has 23 heavy (non-hydrogen) atoms. The van der Waals surface area contributed by atoms with Crippen LogP contribution in [0.15, 0.2) is 53.6 Å². The predicted molar refractivity (Wildman–Crippen MR) is 77.4 cm³/mol. The molecule has 0 aliphatic carbocycles. The number of para-hydroxylation sites is 1. The Hall–Kier alpha value is -2.77. The van der Waals surface area contributed by atoms with Crippen molar-refractivity contribution in [3.05, 3.63) is 54.1 Å². The number of alkyl halides is 4. The lowest BCUT2D eigenvalue weighted by molar-refractivity contribution is -0.0692. The maximum atomic E-state index is 12.3. The molecule has 0 aliphatic rings. The summed E-state index contributed by atoms with van der Waals surface area (Å²) < 4.78 is 57.4. The zero-order chi connectivity index (χ0) is 16.7. The zero-order valence-electron chi connectivity index (χ0n) is 11.6. The van der Waals surface area contributed by atoms with Crippen molar-refractivity contribution in [1.82, 2.24) is 0 Å². The summed E-state index contributed by atoms with van der Waals surface area (Å²) in [5, 5.41) is 3.92. The Morgan fingerprint density at radius 2 is 1.52 bits per heavy atom. The normalized spacial score (nSPS) is 11.2. The summed E-state index contributed by atoms with van der Waals surface area (Å²) in [6, 6.07) is 12.6. The first-order valence-electron chi connectivity index (χ1n) is 6.42. The van der Waals surface area contributed by atoms with Crippen LogP contribution in [0.4, 0.5) is 23.2 Å². The van der Waals surface area contributed by atoms with E-state index in [4.69, 9.17) is 0 Å². The molecule has 0 saturated carbocycles. The van der Waals surface area contributed by atoms with Gasteiger partial charge in [0.1, 0.15) is 0 Å². The van der Waals surface area contributed by atoms with Crippen molar-refractivity contribution in [3.63, 3.8) is 0 Å². The Balaban J connectivity index is 2.12. The van der Waals surface area contributed by atoms with Crippen molar-refractivity contribution >= 4 is 11.9 Å². The highest BCUT2D eigenvalue weighted by Crippen LogP contribution is 2.30. The van der Waals surface area contributed by atoms with Crippen LogP contribution in [0.3, 0.4) is 0 Å². The molecule has 4 nitrogen and oxygen atoms in total. The number of hydrogen-bond acceptors (Lipinski definition) is 4. The number of nitrogens with zero attached hydrogens (tertiary/aromatic N) is 1. The van der Waals surface area contributed by atoms with Gasteiger partial charge in [-0.1, -0.05) is 18.2 Å². The van der Waals surface area contributed by atoms with Gasteiger partial charge in [0.05, 0.1) is 11.9 Å². The molecule has 2 aromatic carbocycles. The maximum Gasteiger partial charge on any atom is 0.387 e. The van der Waals surface area contributed by atoms with Crippen LogP contribution < -0.4 is 14.9 Å². The number of anilines is 1. The van der Waals surface area contributed by atoms with Crippen molar-refractivity contribution in [2.75, 3.05) is 5.43 Å². The molecule has 0 aliphatic heterocycles. The largest absolute Gasteiger partial charge is 0.431 e. The van der Waals surface area contributed by atoms with Crippen molar-refractivity contribution in [2.45, 2.75) is 13.2 Å². The van der Waals surface area contributed by atoms with Gasteiger partial charge in [-0.25, -0.2) is 0 Å². The third-order valence-corrected chi connectivity index (χ3v) is 2.58. The molecule has 122 valence electrons. The number of benzene rings is 2. The van der Waals surface area contributed by atoms with Gasteiger partial charge in [-0.15, -0.1) is 0 Å². The molecule has 0 heterocycles. The van der Waals surface area contributed by atoms with E-state index in [1.807, 2.05) is 18.2 Å². The summed E-state index contributed by atoms with van der Waals surface area (Å²) >= 11 is 0. The highest BCUT2D eigenvalue weighted by atomic mass is 19.3. The lowest BCUT2D eigenvalue weighted by atomic mass is 10.2. The van der Waals surface area contributed by atoms with Crippen LogP contribution in [0.2, 0.25) is 0 Å². The van der Waals surface area contributed by atoms with E-state index >= 15 is 0 Å². The summed E-state index contributed by atoms with van der Waals surface area (Å²) in [5.41, 5.74) is 3.82.